The van der Waals surface area contributed by atoms with Gasteiger partial charge in [0, 0.05) is 13.2 Å². The van der Waals surface area contributed by atoms with Gasteiger partial charge in [0.15, 0.2) is 5.82 Å². The van der Waals surface area contributed by atoms with E-state index in [0.29, 0.717) is 31.9 Å². The van der Waals surface area contributed by atoms with E-state index in [1.165, 1.54) is 11.1 Å². The maximum atomic E-state index is 11.5. The first-order valence-electron chi connectivity index (χ1n) is 10.4. The minimum absolute atomic E-state index is 0.209. The highest BCUT2D eigenvalue weighted by Gasteiger charge is 2.41. The van der Waals surface area contributed by atoms with Crippen LogP contribution in [0.5, 0.6) is 0 Å². The summed E-state index contributed by atoms with van der Waals surface area (Å²) >= 11 is 0. The minimum atomic E-state index is -0.746. The lowest BCUT2D eigenvalue weighted by Gasteiger charge is -2.33. The zero-order valence-corrected chi connectivity index (χ0v) is 18.6. The lowest BCUT2D eigenvalue weighted by atomic mass is 9.74. The Labute approximate surface area is 182 Å². The van der Waals surface area contributed by atoms with E-state index < -0.39 is 11.4 Å². The highest BCUT2D eigenvalue weighted by atomic mass is 16.5. The molecule has 4 rings (SSSR count). The molecule has 1 aliphatic rings. The van der Waals surface area contributed by atoms with Gasteiger partial charge in [0.1, 0.15) is 0 Å². The second kappa shape index (κ2) is 9.39. The van der Waals surface area contributed by atoms with Crippen LogP contribution in [0, 0.1) is 13.8 Å². The summed E-state index contributed by atoms with van der Waals surface area (Å²) in [5.74, 6) is -0.0190. The molecule has 7 nitrogen and oxygen atoms in total. The van der Waals surface area contributed by atoms with Crippen molar-refractivity contribution in [1.29, 1.82) is 0 Å². The number of benzene rings is 2. The van der Waals surface area contributed by atoms with E-state index in [1.54, 1.807) is 0 Å². The minimum Gasteiger partial charge on any atom is -0.481 e. The number of tetrazole rings is 1. The van der Waals surface area contributed by atoms with E-state index in [1.807, 2.05) is 37.3 Å². The van der Waals surface area contributed by atoms with Gasteiger partial charge in [0.25, 0.3) is 0 Å². The van der Waals surface area contributed by atoms with Gasteiger partial charge in [-0.3, -0.25) is 4.79 Å². The zero-order chi connectivity index (χ0) is 22.5. The summed E-state index contributed by atoms with van der Waals surface area (Å²) in [5.41, 5.74) is 3.49. The van der Waals surface area contributed by atoms with Gasteiger partial charge in [-0.25, -0.2) is 0 Å². The van der Waals surface area contributed by atoms with Crippen LogP contribution in [-0.4, -0.2) is 44.9 Å². The first kappa shape index (κ1) is 22.6. The Morgan fingerprint density at radius 3 is 2.26 bits per heavy atom. The van der Waals surface area contributed by atoms with Crippen molar-refractivity contribution in [3.63, 3.8) is 0 Å². The summed E-state index contributed by atoms with van der Waals surface area (Å²) in [6, 6.07) is 16.1. The van der Waals surface area contributed by atoms with Crippen molar-refractivity contribution >= 4 is 5.97 Å². The molecule has 0 radical (unpaired) electrons. The van der Waals surface area contributed by atoms with E-state index in [0.717, 1.165) is 11.1 Å². The van der Waals surface area contributed by atoms with Crippen molar-refractivity contribution in [3.05, 3.63) is 76.6 Å². The maximum Gasteiger partial charge on any atom is 0.314 e. The Hall–Kier alpha value is -3.06. The fourth-order valence-electron chi connectivity index (χ4n) is 3.88. The van der Waals surface area contributed by atoms with E-state index in [9.17, 15) is 9.90 Å². The van der Waals surface area contributed by atoms with E-state index in [4.69, 9.17) is 4.74 Å². The second-order valence-electron chi connectivity index (χ2n) is 8.60. The fourth-order valence-corrected chi connectivity index (χ4v) is 3.88. The summed E-state index contributed by atoms with van der Waals surface area (Å²) < 4.78 is 5.26. The molecular weight excluding hydrogens is 392 g/mol. The van der Waals surface area contributed by atoms with Gasteiger partial charge in [0.05, 0.1) is 10.8 Å². The van der Waals surface area contributed by atoms with Crippen molar-refractivity contribution in [2.24, 2.45) is 0 Å². The molecule has 0 bridgehead atoms. The molecule has 3 aromatic rings. The van der Waals surface area contributed by atoms with Gasteiger partial charge in [-0.1, -0.05) is 64.9 Å². The predicted molar refractivity (Wildman–Crippen MR) is 118 cm³/mol. The number of carboxylic acid groups (broad SMARTS) is 1. The summed E-state index contributed by atoms with van der Waals surface area (Å²) in [7, 11) is 0. The van der Waals surface area contributed by atoms with E-state index in [2.05, 4.69) is 59.6 Å². The molecule has 0 amide bonds. The Morgan fingerprint density at radius 1 is 1.06 bits per heavy atom. The maximum absolute atomic E-state index is 11.5. The van der Waals surface area contributed by atoms with Gasteiger partial charge < -0.3 is 9.84 Å². The van der Waals surface area contributed by atoms with Crippen LogP contribution in [-0.2, 0) is 20.4 Å². The number of aromatic nitrogens is 4. The van der Waals surface area contributed by atoms with Crippen molar-refractivity contribution in [2.75, 3.05) is 13.2 Å². The molecule has 7 heteroatoms. The number of H-pyrrole nitrogens is 1. The first-order chi connectivity index (χ1) is 14.8. The highest BCUT2D eigenvalue weighted by Crippen LogP contribution is 2.35. The molecule has 1 fully saturated rings. The number of carbonyl (C=O) groups is 1. The van der Waals surface area contributed by atoms with Gasteiger partial charge >= 0.3 is 5.97 Å². The smallest absolute Gasteiger partial charge is 0.314 e. The molecule has 164 valence electrons. The molecule has 0 spiro atoms. The Bertz CT molecular complexity index is 1010. The molecule has 2 heterocycles. The number of hydrogen-bond acceptors (Lipinski definition) is 5. The van der Waals surface area contributed by atoms with Crippen LogP contribution in [0.4, 0.5) is 0 Å². The number of ether oxygens (including phenoxy) is 1. The second-order valence-corrected chi connectivity index (χ2v) is 8.60. The SMILES string of the molecule is Cc1cccc(C(C)(C)c2nn[nH]n2)c1.Cc1cccc(C2(C(=O)O)CCOCC2)c1. The number of nitrogens with one attached hydrogen (secondary N) is 1. The van der Waals surface area contributed by atoms with E-state index in [-0.39, 0.29) is 5.41 Å². The zero-order valence-electron chi connectivity index (χ0n) is 18.6. The van der Waals surface area contributed by atoms with Crippen LogP contribution in [0.1, 0.15) is 54.8 Å². The molecule has 0 saturated carbocycles. The van der Waals surface area contributed by atoms with Crippen molar-refractivity contribution in [3.8, 4) is 0 Å². The number of aryl methyl sites for hydroxylation is 2. The van der Waals surface area contributed by atoms with Crippen LogP contribution >= 0.6 is 0 Å². The third kappa shape index (κ3) is 4.99. The Morgan fingerprint density at radius 2 is 1.71 bits per heavy atom. The van der Waals surface area contributed by atoms with Gasteiger partial charge in [-0.2, -0.15) is 5.21 Å². The summed E-state index contributed by atoms with van der Waals surface area (Å²) in [6.07, 6.45) is 1.12. The lowest BCUT2D eigenvalue weighted by Crippen LogP contribution is -2.41. The molecule has 31 heavy (non-hydrogen) atoms. The monoisotopic (exact) mass is 422 g/mol. The van der Waals surface area contributed by atoms with Crippen molar-refractivity contribution in [2.45, 2.75) is 51.4 Å². The molecule has 1 aromatic heterocycles. The fraction of sp³-hybridized carbons (Fsp3) is 0.417. The third-order valence-corrected chi connectivity index (χ3v) is 5.97. The molecule has 1 aliphatic heterocycles. The lowest BCUT2D eigenvalue weighted by molar-refractivity contribution is -0.147. The third-order valence-electron chi connectivity index (χ3n) is 5.97. The average molecular weight is 423 g/mol. The number of aromatic amines is 1. The van der Waals surface area contributed by atoms with Gasteiger partial charge in [-0.05, 0) is 51.7 Å². The summed E-state index contributed by atoms with van der Waals surface area (Å²) in [6.45, 7) is 9.30. The Balaban J connectivity index is 0.000000176. The quantitative estimate of drug-likeness (QED) is 0.660. The molecule has 0 aliphatic carbocycles. The first-order valence-corrected chi connectivity index (χ1v) is 10.4. The largest absolute Gasteiger partial charge is 0.481 e. The average Bonchev–Trinajstić information content (AvgIpc) is 3.30. The number of aliphatic carboxylic acids is 1. The van der Waals surface area contributed by atoms with Crippen LogP contribution in [0.2, 0.25) is 0 Å². The number of hydrogen-bond donors (Lipinski definition) is 2. The van der Waals surface area contributed by atoms with Crippen molar-refractivity contribution < 1.29 is 14.6 Å². The molecule has 2 aromatic carbocycles. The van der Waals surface area contributed by atoms with Gasteiger partial charge in [0.2, 0.25) is 0 Å². The highest BCUT2D eigenvalue weighted by molar-refractivity contribution is 5.81. The normalized spacial score (nSPS) is 15.6. The molecule has 1 saturated heterocycles. The van der Waals surface area contributed by atoms with Gasteiger partial charge in [-0.15, -0.1) is 10.2 Å². The van der Waals surface area contributed by atoms with E-state index >= 15 is 0 Å². The summed E-state index contributed by atoms with van der Waals surface area (Å²) in [4.78, 5) is 11.5. The van der Waals surface area contributed by atoms with Crippen molar-refractivity contribution in [1.82, 2.24) is 20.6 Å². The Kier molecular flexibility index (Phi) is 6.85. The van der Waals surface area contributed by atoms with Crippen LogP contribution in [0.25, 0.3) is 0 Å². The van der Waals surface area contributed by atoms with Crippen LogP contribution in [0.15, 0.2) is 48.5 Å². The molecule has 0 atom stereocenters. The van der Waals surface area contributed by atoms with Crippen LogP contribution < -0.4 is 0 Å². The summed E-state index contributed by atoms with van der Waals surface area (Å²) in [5, 5.41) is 23.7. The number of nitrogens with zero attached hydrogens (tertiary/aromatic N) is 3. The molecule has 2 N–H and O–H groups in total. The standard InChI is InChI=1S/C13H16O3.C11H14N4/c1-10-3-2-4-11(9-10)13(12(14)15)5-7-16-8-6-13;1-8-5-4-6-9(7-8)11(2,3)10-12-14-15-13-10/h2-4,9H,5-8H2,1H3,(H,14,15);4-7H,1-3H3,(H,12,13,14,15). The number of rotatable bonds is 4. The predicted octanol–water partition coefficient (Wildman–Crippen LogP) is 3.96. The molecular formula is C24H30N4O3. The molecule has 0 unspecified atom stereocenters. The van der Waals surface area contributed by atoms with Crippen LogP contribution in [0.3, 0.4) is 0 Å². The number of carboxylic acids is 1. The topological polar surface area (TPSA) is 101 Å².